The average Bonchev–Trinajstić information content (AvgIpc) is 2.82. The lowest BCUT2D eigenvalue weighted by molar-refractivity contribution is 1.02. The monoisotopic (exact) mass is 287 g/mol. The van der Waals surface area contributed by atoms with E-state index in [1.807, 2.05) is 37.7 Å². The number of fused-ring (bicyclic) bond motifs is 1. The molecule has 6 heteroatoms. The Morgan fingerprint density at radius 3 is 2.45 bits per heavy atom. The second-order valence-electron chi connectivity index (χ2n) is 4.76. The van der Waals surface area contributed by atoms with Crippen LogP contribution in [-0.4, -0.2) is 33.6 Å². The standard InChI is InChI=1S/C14H14ClN5/c1-9-17-13(15)12-14(18-9)20(8-16-12)11-6-4-10(5-7-11)19(2)3/h4-8H,1-3H3. The first-order valence-electron chi connectivity index (χ1n) is 6.21. The van der Waals surface area contributed by atoms with Gasteiger partial charge in [0, 0.05) is 25.5 Å². The molecule has 0 spiro atoms. The lowest BCUT2D eigenvalue weighted by Crippen LogP contribution is -2.08. The first-order chi connectivity index (χ1) is 9.56. The Labute approximate surface area is 121 Å². The molecule has 0 radical (unpaired) electrons. The number of nitrogens with zero attached hydrogens (tertiary/aromatic N) is 5. The number of aromatic nitrogens is 4. The van der Waals surface area contributed by atoms with Gasteiger partial charge in [-0.25, -0.2) is 15.0 Å². The van der Waals surface area contributed by atoms with Crippen LogP contribution in [0.3, 0.4) is 0 Å². The number of hydrogen-bond acceptors (Lipinski definition) is 4. The molecule has 3 rings (SSSR count). The molecule has 0 saturated carbocycles. The highest BCUT2D eigenvalue weighted by Crippen LogP contribution is 2.23. The number of aryl methyl sites for hydroxylation is 1. The summed E-state index contributed by atoms with van der Waals surface area (Å²) in [4.78, 5) is 14.9. The van der Waals surface area contributed by atoms with Gasteiger partial charge in [0.25, 0.3) is 0 Å². The van der Waals surface area contributed by atoms with E-state index in [0.29, 0.717) is 16.5 Å². The minimum absolute atomic E-state index is 0.385. The van der Waals surface area contributed by atoms with Gasteiger partial charge in [-0.1, -0.05) is 11.6 Å². The van der Waals surface area contributed by atoms with Gasteiger partial charge in [-0.05, 0) is 31.2 Å². The first kappa shape index (κ1) is 12.9. The van der Waals surface area contributed by atoms with Gasteiger partial charge in [-0.15, -0.1) is 0 Å². The second kappa shape index (κ2) is 4.76. The molecule has 20 heavy (non-hydrogen) atoms. The van der Waals surface area contributed by atoms with Crippen molar-refractivity contribution in [3.8, 4) is 5.69 Å². The lowest BCUT2D eigenvalue weighted by atomic mass is 10.2. The van der Waals surface area contributed by atoms with Crippen LogP contribution < -0.4 is 4.90 Å². The maximum absolute atomic E-state index is 6.10. The molecular weight excluding hydrogens is 274 g/mol. The van der Waals surface area contributed by atoms with Crippen LogP contribution in [0.2, 0.25) is 5.15 Å². The smallest absolute Gasteiger partial charge is 0.169 e. The van der Waals surface area contributed by atoms with Gasteiger partial charge in [0.05, 0.1) is 0 Å². The normalized spacial score (nSPS) is 11.0. The van der Waals surface area contributed by atoms with Crippen LogP contribution in [-0.2, 0) is 0 Å². The van der Waals surface area contributed by atoms with Crippen molar-refractivity contribution < 1.29 is 0 Å². The van der Waals surface area contributed by atoms with Gasteiger partial charge >= 0.3 is 0 Å². The molecule has 0 atom stereocenters. The van der Waals surface area contributed by atoms with Crippen molar-refractivity contribution >= 4 is 28.5 Å². The topological polar surface area (TPSA) is 46.8 Å². The summed E-state index contributed by atoms with van der Waals surface area (Å²) in [5.41, 5.74) is 3.48. The zero-order valence-electron chi connectivity index (χ0n) is 11.5. The van der Waals surface area contributed by atoms with E-state index in [4.69, 9.17) is 11.6 Å². The summed E-state index contributed by atoms with van der Waals surface area (Å²) in [6.45, 7) is 1.82. The fraction of sp³-hybridized carbons (Fsp3) is 0.214. The van der Waals surface area contributed by atoms with E-state index >= 15 is 0 Å². The summed E-state index contributed by atoms with van der Waals surface area (Å²) >= 11 is 6.10. The fourth-order valence-corrected chi connectivity index (χ4v) is 2.32. The van der Waals surface area contributed by atoms with Crippen LogP contribution >= 0.6 is 11.6 Å². The molecule has 0 N–H and O–H groups in total. The molecular formula is C14H14ClN5. The van der Waals surface area contributed by atoms with Crippen LogP contribution in [0.4, 0.5) is 5.69 Å². The fourth-order valence-electron chi connectivity index (χ4n) is 2.07. The first-order valence-corrected chi connectivity index (χ1v) is 6.59. The molecule has 5 nitrogen and oxygen atoms in total. The van der Waals surface area contributed by atoms with Gasteiger partial charge in [0.2, 0.25) is 0 Å². The molecule has 0 bridgehead atoms. The number of rotatable bonds is 2. The summed E-state index contributed by atoms with van der Waals surface area (Å²) < 4.78 is 1.91. The molecule has 2 heterocycles. The van der Waals surface area contributed by atoms with E-state index in [9.17, 15) is 0 Å². The molecule has 0 aliphatic heterocycles. The Balaban J connectivity index is 2.14. The Hall–Kier alpha value is -2.14. The van der Waals surface area contributed by atoms with Crippen LogP contribution in [0.5, 0.6) is 0 Å². The van der Waals surface area contributed by atoms with E-state index in [1.165, 1.54) is 0 Å². The number of imidazole rings is 1. The van der Waals surface area contributed by atoms with Crippen LogP contribution in [0.1, 0.15) is 5.82 Å². The molecule has 3 aromatic rings. The largest absolute Gasteiger partial charge is 0.378 e. The SMILES string of the molecule is Cc1nc(Cl)c2ncn(-c3ccc(N(C)C)cc3)c2n1. The summed E-state index contributed by atoms with van der Waals surface area (Å²) in [5, 5.41) is 0.385. The van der Waals surface area contributed by atoms with Gasteiger partial charge in [-0.3, -0.25) is 4.57 Å². The third kappa shape index (κ3) is 2.10. The van der Waals surface area contributed by atoms with E-state index in [0.717, 1.165) is 17.0 Å². The van der Waals surface area contributed by atoms with Crippen LogP contribution in [0, 0.1) is 6.92 Å². The van der Waals surface area contributed by atoms with Crippen molar-refractivity contribution in [1.29, 1.82) is 0 Å². The van der Waals surface area contributed by atoms with Crippen molar-refractivity contribution in [3.05, 3.63) is 41.6 Å². The number of benzene rings is 1. The van der Waals surface area contributed by atoms with Gasteiger partial charge < -0.3 is 4.90 Å². The van der Waals surface area contributed by atoms with E-state index in [-0.39, 0.29) is 0 Å². The van der Waals surface area contributed by atoms with Crippen molar-refractivity contribution in [2.45, 2.75) is 6.92 Å². The minimum atomic E-state index is 0.385. The van der Waals surface area contributed by atoms with E-state index in [2.05, 4.69) is 32.0 Å². The summed E-state index contributed by atoms with van der Waals surface area (Å²) in [7, 11) is 4.02. The molecule has 2 aromatic heterocycles. The Kier molecular flexibility index (Phi) is 3.06. The average molecular weight is 288 g/mol. The van der Waals surface area contributed by atoms with Crippen molar-refractivity contribution in [2.75, 3.05) is 19.0 Å². The molecule has 1 aromatic carbocycles. The molecule has 0 fully saturated rings. The maximum Gasteiger partial charge on any atom is 0.169 e. The maximum atomic E-state index is 6.10. The zero-order valence-corrected chi connectivity index (χ0v) is 12.3. The molecule has 102 valence electrons. The minimum Gasteiger partial charge on any atom is -0.378 e. The number of anilines is 1. The molecule has 0 aliphatic carbocycles. The molecule has 0 unspecified atom stereocenters. The van der Waals surface area contributed by atoms with Gasteiger partial charge in [-0.2, -0.15) is 0 Å². The zero-order chi connectivity index (χ0) is 14.3. The van der Waals surface area contributed by atoms with Crippen molar-refractivity contribution in [3.63, 3.8) is 0 Å². The van der Waals surface area contributed by atoms with Gasteiger partial charge in [0.15, 0.2) is 10.8 Å². The Morgan fingerprint density at radius 2 is 1.80 bits per heavy atom. The third-order valence-corrected chi connectivity index (χ3v) is 3.37. The third-order valence-electron chi connectivity index (χ3n) is 3.11. The van der Waals surface area contributed by atoms with E-state index in [1.54, 1.807) is 6.33 Å². The highest BCUT2D eigenvalue weighted by molar-refractivity contribution is 6.33. The Bertz CT molecular complexity index is 761. The molecule has 0 saturated heterocycles. The van der Waals surface area contributed by atoms with Crippen molar-refractivity contribution in [1.82, 2.24) is 19.5 Å². The predicted octanol–water partition coefficient (Wildman–Crippen LogP) is 2.84. The second-order valence-corrected chi connectivity index (χ2v) is 5.12. The number of hydrogen-bond donors (Lipinski definition) is 0. The quantitative estimate of drug-likeness (QED) is 0.680. The predicted molar refractivity (Wildman–Crippen MR) is 80.7 cm³/mol. The summed E-state index contributed by atoms with van der Waals surface area (Å²) in [5.74, 6) is 0.633. The van der Waals surface area contributed by atoms with E-state index < -0.39 is 0 Å². The molecule has 0 aliphatic rings. The van der Waals surface area contributed by atoms with Crippen molar-refractivity contribution in [2.24, 2.45) is 0 Å². The number of halogens is 1. The van der Waals surface area contributed by atoms with Crippen LogP contribution in [0.25, 0.3) is 16.9 Å². The molecule has 0 amide bonds. The lowest BCUT2D eigenvalue weighted by Gasteiger charge is -2.13. The highest BCUT2D eigenvalue weighted by Gasteiger charge is 2.11. The van der Waals surface area contributed by atoms with Crippen LogP contribution in [0.15, 0.2) is 30.6 Å². The van der Waals surface area contributed by atoms with Gasteiger partial charge in [0.1, 0.15) is 17.7 Å². The Morgan fingerprint density at radius 1 is 1.10 bits per heavy atom. The highest BCUT2D eigenvalue weighted by atomic mass is 35.5. The summed E-state index contributed by atoms with van der Waals surface area (Å²) in [6, 6.07) is 8.16. The summed E-state index contributed by atoms with van der Waals surface area (Å²) in [6.07, 6.45) is 1.72.